The fourth-order valence-corrected chi connectivity index (χ4v) is 8.38. The molecule has 0 radical (unpaired) electrons. The van der Waals surface area contributed by atoms with Crippen LogP contribution in [0.25, 0.3) is 0 Å². The molecule has 20 heteroatoms. The molecule has 3 aromatic rings. The third-order valence-corrected chi connectivity index (χ3v) is 10.8. The third kappa shape index (κ3) is 11.4. The maximum Gasteiger partial charge on any atom is 0.459 e. The van der Waals surface area contributed by atoms with E-state index in [1.807, 2.05) is 4.98 Å². The zero-order chi connectivity index (χ0) is 39.8. The normalized spacial score (nSPS) is 23.2. The van der Waals surface area contributed by atoms with Gasteiger partial charge < -0.3 is 23.3 Å². The van der Waals surface area contributed by atoms with Crippen molar-refractivity contribution in [2.24, 2.45) is 0 Å². The van der Waals surface area contributed by atoms with Gasteiger partial charge in [0, 0.05) is 12.3 Å². The van der Waals surface area contributed by atoms with E-state index < -0.39 is 93.7 Å². The van der Waals surface area contributed by atoms with Crippen molar-refractivity contribution in [1.29, 1.82) is 0 Å². The SMILES string of the molecule is CC(C)OC(=O)[C@H](C)N[P@@](=O)(OC[C@H]1O[C@@H](n2ccc(=O)[nH]c2=O)[C@](C)(F)[C@@H]1O[P@](=O)(N[C@@H](C)C(=O)OC(C)C)Oc1ccccc1)Oc1ccccc1. The fourth-order valence-electron chi connectivity index (χ4n) is 5.10. The summed E-state index contributed by atoms with van der Waals surface area (Å²) in [7, 11) is -9.40. The second-order valence-corrected chi connectivity index (χ2v) is 16.3. The highest BCUT2D eigenvalue weighted by atomic mass is 31.2. The summed E-state index contributed by atoms with van der Waals surface area (Å²) in [6, 6.07) is 13.9. The van der Waals surface area contributed by atoms with Gasteiger partial charge in [-0.3, -0.25) is 33.0 Å². The van der Waals surface area contributed by atoms with Crippen molar-refractivity contribution in [3.63, 3.8) is 0 Å². The summed E-state index contributed by atoms with van der Waals surface area (Å²) in [5, 5.41) is 4.99. The topological polar surface area (TPSA) is 212 Å². The van der Waals surface area contributed by atoms with Crippen LogP contribution in [0, 0.1) is 0 Å². The molecular formula is C34H45FN4O13P2. The van der Waals surface area contributed by atoms with Crippen molar-refractivity contribution in [2.75, 3.05) is 6.61 Å². The van der Waals surface area contributed by atoms with Crippen LogP contribution in [-0.4, -0.2) is 70.3 Å². The van der Waals surface area contributed by atoms with E-state index in [2.05, 4.69) is 10.2 Å². The van der Waals surface area contributed by atoms with Crippen LogP contribution in [0.2, 0.25) is 0 Å². The second-order valence-electron chi connectivity index (χ2n) is 13.0. The van der Waals surface area contributed by atoms with E-state index in [9.17, 15) is 28.3 Å². The predicted molar refractivity (Wildman–Crippen MR) is 193 cm³/mol. The molecule has 2 heterocycles. The fraction of sp³-hybridized carbons (Fsp3) is 0.471. The molecule has 0 unspecified atom stereocenters. The lowest BCUT2D eigenvalue weighted by Gasteiger charge is -2.32. The number of esters is 2. The molecule has 17 nitrogen and oxygen atoms in total. The number of halogens is 1. The van der Waals surface area contributed by atoms with E-state index in [1.165, 1.54) is 38.1 Å². The average molecular weight is 799 g/mol. The van der Waals surface area contributed by atoms with Gasteiger partial charge in [-0.2, -0.15) is 10.2 Å². The lowest BCUT2D eigenvalue weighted by atomic mass is 9.98. The van der Waals surface area contributed by atoms with Crippen molar-refractivity contribution >= 4 is 27.4 Å². The van der Waals surface area contributed by atoms with Gasteiger partial charge >= 0.3 is 33.1 Å². The lowest BCUT2D eigenvalue weighted by molar-refractivity contribution is -0.150. The number of benzene rings is 2. The van der Waals surface area contributed by atoms with Crippen LogP contribution in [-0.2, 0) is 42.0 Å². The van der Waals surface area contributed by atoms with Crippen LogP contribution in [0.5, 0.6) is 11.5 Å². The summed E-state index contributed by atoms with van der Waals surface area (Å²) in [4.78, 5) is 52.2. The Balaban J connectivity index is 1.74. The van der Waals surface area contributed by atoms with Gasteiger partial charge in [-0.25, -0.2) is 18.3 Å². The van der Waals surface area contributed by atoms with E-state index in [1.54, 1.807) is 64.1 Å². The molecule has 1 saturated heterocycles. The van der Waals surface area contributed by atoms with E-state index in [-0.39, 0.29) is 11.5 Å². The van der Waals surface area contributed by atoms with Gasteiger partial charge in [0.05, 0.1) is 18.8 Å². The number of para-hydroxylation sites is 2. The Kier molecular flexibility index (Phi) is 14.2. The zero-order valence-electron chi connectivity index (χ0n) is 30.7. The number of ether oxygens (including phenoxy) is 3. The molecular weight excluding hydrogens is 753 g/mol. The maximum absolute atomic E-state index is 17.3. The molecule has 2 aromatic carbocycles. The molecule has 0 bridgehead atoms. The highest BCUT2D eigenvalue weighted by Crippen LogP contribution is 2.54. The maximum atomic E-state index is 17.3. The molecule has 0 amide bonds. The van der Waals surface area contributed by atoms with E-state index >= 15 is 4.39 Å². The van der Waals surface area contributed by atoms with Crippen LogP contribution in [0.3, 0.4) is 0 Å². The Labute approximate surface area is 311 Å². The predicted octanol–water partition coefficient (Wildman–Crippen LogP) is 4.80. The number of nitrogens with one attached hydrogen (secondary N) is 3. The van der Waals surface area contributed by atoms with Gasteiger partial charge in [-0.1, -0.05) is 36.4 Å². The Morgan fingerprint density at radius 2 is 1.31 bits per heavy atom. The quantitative estimate of drug-likeness (QED) is 0.117. The number of carbonyl (C=O) groups excluding carboxylic acids is 2. The summed E-state index contributed by atoms with van der Waals surface area (Å²) in [6.45, 7) is 9.30. The number of nitrogens with zero attached hydrogens (tertiary/aromatic N) is 1. The van der Waals surface area contributed by atoms with E-state index in [0.29, 0.717) is 0 Å². The molecule has 0 aliphatic carbocycles. The summed E-state index contributed by atoms with van der Waals surface area (Å²) in [5.74, 6) is -1.54. The molecule has 1 fully saturated rings. The lowest BCUT2D eigenvalue weighted by Crippen LogP contribution is -2.46. The Morgan fingerprint density at radius 1 is 0.833 bits per heavy atom. The Morgan fingerprint density at radius 3 is 1.80 bits per heavy atom. The van der Waals surface area contributed by atoms with Gasteiger partial charge in [-0.05, 0) is 72.7 Å². The minimum Gasteiger partial charge on any atom is -0.462 e. The monoisotopic (exact) mass is 798 g/mol. The standard InChI is InChI=1S/C34H45FN4O13P2/c1-21(2)47-30(41)23(5)37-53(44,50-25-14-10-8-11-15-25)46-20-27-29(34(7,35)32(49-27)39-19-18-28(40)36-33(39)43)52-54(45,51-26-16-12-9-13-17-26)38-24(6)31(42)48-22(3)4/h8-19,21-24,27,29,32H,20H2,1-7H3,(H,37,44)(H,38,45)(H,36,40,43)/t23-,24-,27+,29+,32+,34+,53+,54-/m0/s1. The first-order valence-electron chi connectivity index (χ1n) is 17.0. The molecule has 296 valence electrons. The Bertz CT molecular complexity index is 1940. The first-order chi connectivity index (χ1) is 25.3. The number of hydrogen-bond acceptors (Lipinski definition) is 13. The van der Waals surface area contributed by atoms with Crippen LogP contribution in [0.1, 0.15) is 54.7 Å². The number of hydrogen-bond donors (Lipinski definition) is 3. The first kappa shape index (κ1) is 42.6. The third-order valence-electron chi connectivity index (χ3n) is 7.50. The molecule has 1 aromatic heterocycles. The van der Waals surface area contributed by atoms with Crippen molar-refractivity contribution in [1.82, 2.24) is 19.7 Å². The van der Waals surface area contributed by atoms with Gasteiger partial charge in [-0.15, -0.1) is 0 Å². The highest BCUT2D eigenvalue weighted by molar-refractivity contribution is 7.52. The van der Waals surface area contributed by atoms with Crippen LogP contribution >= 0.6 is 15.5 Å². The number of aromatic nitrogens is 2. The Hall–Kier alpha value is -4.15. The molecule has 4 rings (SSSR count). The summed E-state index contributed by atoms with van der Waals surface area (Å²) < 4.78 is 86.4. The van der Waals surface area contributed by atoms with E-state index in [0.717, 1.165) is 23.8 Å². The van der Waals surface area contributed by atoms with Crippen molar-refractivity contribution in [3.05, 3.63) is 93.8 Å². The number of H-pyrrole nitrogens is 1. The van der Waals surface area contributed by atoms with Gasteiger partial charge in [0.1, 0.15) is 35.8 Å². The van der Waals surface area contributed by atoms with Crippen LogP contribution in [0.15, 0.2) is 82.5 Å². The largest absolute Gasteiger partial charge is 0.462 e. The molecule has 0 saturated carbocycles. The molecule has 1 aliphatic rings. The number of rotatable bonds is 18. The van der Waals surface area contributed by atoms with Gasteiger partial charge in [0.25, 0.3) is 5.56 Å². The average Bonchev–Trinajstić information content (AvgIpc) is 3.32. The van der Waals surface area contributed by atoms with Crippen molar-refractivity contribution in [3.8, 4) is 11.5 Å². The number of carbonyl (C=O) groups is 2. The number of alkyl halides is 1. The van der Waals surface area contributed by atoms with E-state index in [4.69, 9.17) is 32.3 Å². The first-order valence-corrected chi connectivity index (χ1v) is 20.0. The molecule has 8 atom stereocenters. The summed E-state index contributed by atoms with van der Waals surface area (Å²) in [5.41, 5.74) is -4.62. The second kappa shape index (κ2) is 18.0. The van der Waals surface area contributed by atoms with Crippen LogP contribution < -0.4 is 30.5 Å². The van der Waals surface area contributed by atoms with Crippen molar-refractivity contribution in [2.45, 2.75) is 96.9 Å². The highest BCUT2D eigenvalue weighted by Gasteiger charge is 2.60. The van der Waals surface area contributed by atoms with Gasteiger partial charge in [0.2, 0.25) is 0 Å². The zero-order valence-corrected chi connectivity index (χ0v) is 32.5. The molecule has 0 spiro atoms. The smallest absolute Gasteiger partial charge is 0.459 e. The molecule has 1 aliphatic heterocycles. The number of aromatic amines is 1. The molecule has 3 N–H and O–H groups in total. The van der Waals surface area contributed by atoms with Gasteiger partial charge in [0.15, 0.2) is 11.9 Å². The summed E-state index contributed by atoms with van der Waals surface area (Å²) >= 11 is 0. The van der Waals surface area contributed by atoms with Crippen molar-refractivity contribution < 1.29 is 55.4 Å². The van der Waals surface area contributed by atoms with Crippen LogP contribution in [0.4, 0.5) is 4.39 Å². The minimum absolute atomic E-state index is 0.00525. The minimum atomic E-state index is -4.82. The summed E-state index contributed by atoms with van der Waals surface area (Å²) in [6.07, 6.45) is -5.57. The molecule has 54 heavy (non-hydrogen) atoms.